The van der Waals surface area contributed by atoms with Crippen LogP contribution >= 0.6 is 0 Å². The number of rotatable bonds is 5. The van der Waals surface area contributed by atoms with E-state index in [0.717, 1.165) is 25.9 Å². The van der Waals surface area contributed by atoms with Gasteiger partial charge < -0.3 is 10.1 Å². The maximum atomic E-state index is 12.8. The van der Waals surface area contributed by atoms with Crippen LogP contribution in [-0.4, -0.2) is 69.0 Å². The number of nitrogens with zero attached hydrogens (tertiary/aromatic N) is 2. The molecule has 0 unspecified atom stereocenters. The van der Waals surface area contributed by atoms with Crippen molar-refractivity contribution in [3.05, 3.63) is 0 Å². The van der Waals surface area contributed by atoms with Crippen LogP contribution in [0, 0.1) is 5.92 Å². The molecule has 0 saturated carbocycles. The molecule has 118 valence electrons. The molecule has 0 amide bonds. The summed E-state index contributed by atoms with van der Waals surface area (Å²) in [6.07, 6.45) is 2.11. The number of ether oxygens (including phenoxy) is 1. The van der Waals surface area contributed by atoms with Crippen LogP contribution in [0.15, 0.2) is 0 Å². The predicted octanol–water partition coefficient (Wildman–Crippen LogP) is 0.273. The Kier molecular flexibility index (Phi) is 5.80. The number of morpholine rings is 1. The summed E-state index contributed by atoms with van der Waals surface area (Å²) in [5, 5.41) is 3.32. The lowest BCUT2D eigenvalue weighted by Gasteiger charge is -2.36. The van der Waals surface area contributed by atoms with Crippen LogP contribution in [0.25, 0.3) is 0 Å². The van der Waals surface area contributed by atoms with Crippen molar-refractivity contribution in [2.75, 3.05) is 45.9 Å². The van der Waals surface area contributed by atoms with Crippen LogP contribution in [0.4, 0.5) is 0 Å². The molecule has 0 radical (unpaired) electrons. The van der Waals surface area contributed by atoms with Gasteiger partial charge in [0.25, 0.3) is 10.2 Å². The monoisotopic (exact) mass is 305 g/mol. The molecular weight excluding hydrogens is 278 g/mol. The summed E-state index contributed by atoms with van der Waals surface area (Å²) in [4.78, 5) is 0. The fraction of sp³-hybridized carbons (Fsp3) is 1.00. The van der Waals surface area contributed by atoms with E-state index in [-0.39, 0.29) is 6.04 Å². The average molecular weight is 305 g/mol. The van der Waals surface area contributed by atoms with E-state index in [4.69, 9.17) is 4.74 Å². The highest BCUT2D eigenvalue weighted by atomic mass is 32.2. The SMILES string of the molecule is CC(C)N(CC1CCNCC1)S(=O)(=O)N1CCOCC1. The molecule has 0 bridgehead atoms. The molecule has 1 N–H and O–H groups in total. The molecule has 2 rings (SSSR count). The second-order valence-corrected chi connectivity index (χ2v) is 7.76. The van der Waals surface area contributed by atoms with Gasteiger partial charge in [-0.05, 0) is 45.7 Å². The van der Waals surface area contributed by atoms with Gasteiger partial charge in [0.05, 0.1) is 13.2 Å². The Morgan fingerprint density at radius 1 is 1.25 bits per heavy atom. The van der Waals surface area contributed by atoms with E-state index in [1.165, 1.54) is 0 Å². The van der Waals surface area contributed by atoms with E-state index in [1.807, 2.05) is 13.8 Å². The molecule has 0 aliphatic carbocycles. The Balaban J connectivity index is 2.05. The Morgan fingerprint density at radius 2 is 1.85 bits per heavy atom. The van der Waals surface area contributed by atoms with E-state index in [9.17, 15) is 8.42 Å². The van der Waals surface area contributed by atoms with Crippen molar-refractivity contribution in [3.8, 4) is 0 Å². The third-order valence-electron chi connectivity index (χ3n) is 4.07. The number of nitrogens with one attached hydrogen (secondary N) is 1. The topological polar surface area (TPSA) is 61.9 Å². The summed E-state index contributed by atoms with van der Waals surface area (Å²) < 4.78 is 34.1. The molecule has 0 aromatic heterocycles. The maximum Gasteiger partial charge on any atom is 0.282 e. The van der Waals surface area contributed by atoms with Crippen molar-refractivity contribution in [3.63, 3.8) is 0 Å². The zero-order valence-corrected chi connectivity index (χ0v) is 13.4. The van der Waals surface area contributed by atoms with Crippen molar-refractivity contribution in [2.45, 2.75) is 32.7 Å². The minimum Gasteiger partial charge on any atom is -0.379 e. The molecule has 20 heavy (non-hydrogen) atoms. The molecule has 0 aromatic rings. The Morgan fingerprint density at radius 3 is 2.40 bits per heavy atom. The lowest BCUT2D eigenvalue weighted by Crippen LogP contribution is -2.52. The second kappa shape index (κ2) is 7.17. The maximum absolute atomic E-state index is 12.8. The van der Waals surface area contributed by atoms with Crippen molar-refractivity contribution in [1.82, 2.24) is 13.9 Å². The molecular formula is C13H27N3O3S. The molecule has 0 aromatic carbocycles. The zero-order valence-electron chi connectivity index (χ0n) is 12.5. The van der Waals surface area contributed by atoms with Gasteiger partial charge >= 0.3 is 0 Å². The van der Waals surface area contributed by atoms with Crippen molar-refractivity contribution in [2.24, 2.45) is 5.92 Å². The summed E-state index contributed by atoms with van der Waals surface area (Å²) >= 11 is 0. The van der Waals surface area contributed by atoms with Gasteiger partial charge in [-0.25, -0.2) is 0 Å². The van der Waals surface area contributed by atoms with Gasteiger partial charge in [0, 0.05) is 25.7 Å². The highest BCUT2D eigenvalue weighted by Crippen LogP contribution is 2.20. The van der Waals surface area contributed by atoms with Crippen molar-refractivity contribution in [1.29, 1.82) is 0 Å². The molecule has 2 fully saturated rings. The number of piperidine rings is 1. The van der Waals surface area contributed by atoms with Crippen LogP contribution in [0.1, 0.15) is 26.7 Å². The third kappa shape index (κ3) is 3.92. The molecule has 0 spiro atoms. The van der Waals surface area contributed by atoms with Gasteiger partial charge in [0.15, 0.2) is 0 Å². The zero-order chi connectivity index (χ0) is 14.6. The van der Waals surface area contributed by atoms with Gasteiger partial charge in [-0.1, -0.05) is 0 Å². The quantitative estimate of drug-likeness (QED) is 0.792. The smallest absolute Gasteiger partial charge is 0.282 e. The van der Waals surface area contributed by atoms with Crippen LogP contribution in [0.2, 0.25) is 0 Å². The Labute approximate surface area is 122 Å². The Bertz CT molecular complexity index is 388. The van der Waals surface area contributed by atoms with Gasteiger partial charge in [0.2, 0.25) is 0 Å². The summed E-state index contributed by atoms with van der Waals surface area (Å²) in [5.74, 6) is 0.467. The molecule has 2 aliphatic rings. The fourth-order valence-electron chi connectivity index (χ4n) is 2.82. The van der Waals surface area contributed by atoms with Gasteiger partial charge in [-0.3, -0.25) is 0 Å². The predicted molar refractivity (Wildman–Crippen MR) is 78.7 cm³/mol. The Hall–Kier alpha value is -0.210. The number of hydrogen-bond donors (Lipinski definition) is 1. The molecule has 6 nitrogen and oxygen atoms in total. The first-order chi connectivity index (χ1) is 9.51. The minimum absolute atomic E-state index is 0.00210. The van der Waals surface area contributed by atoms with E-state index >= 15 is 0 Å². The molecule has 7 heteroatoms. The molecule has 2 aliphatic heterocycles. The molecule has 0 atom stereocenters. The van der Waals surface area contributed by atoms with Crippen LogP contribution in [-0.2, 0) is 14.9 Å². The normalized spacial score (nSPS) is 23.6. The standard InChI is InChI=1S/C13H27N3O3S/c1-12(2)16(11-13-3-5-14-6-4-13)20(17,18)15-7-9-19-10-8-15/h12-14H,3-11H2,1-2H3. The summed E-state index contributed by atoms with van der Waals surface area (Å²) in [6.45, 7) is 8.48. The van der Waals surface area contributed by atoms with E-state index < -0.39 is 10.2 Å². The fourth-order valence-corrected chi connectivity index (χ4v) is 4.65. The highest BCUT2D eigenvalue weighted by Gasteiger charge is 2.34. The van der Waals surface area contributed by atoms with Gasteiger partial charge in [0.1, 0.15) is 0 Å². The molecule has 2 heterocycles. The largest absolute Gasteiger partial charge is 0.379 e. The van der Waals surface area contributed by atoms with Crippen LogP contribution in [0.5, 0.6) is 0 Å². The number of hydrogen-bond acceptors (Lipinski definition) is 4. The molecule has 2 saturated heterocycles. The first-order valence-electron chi connectivity index (χ1n) is 7.57. The minimum atomic E-state index is -3.36. The van der Waals surface area contributed by atoms with Crippen molar-refractivity contribution >= 4 is 10.2 Å². The van der Waals surface area contributed by atoms with Gasteiger partial charge in [-0.2, -0.15) is 17.0 Å². The van der Waals surface area contributed by atoms with Crippen LogP contribution in [0.3, 0.4) is 0 Å². The first kappa shape index (κ1) is 16.2. The van der Waals surface area contributed by atoms with Gasteiger partial charge in [-0.15, -0.1) is 0 Å². The summed E-state index contributed by atoms with van der Waals surface area (Å²) in [6, 6.07) is -0.00210. The second-order valence-electron chi connectivity index (χ2n) is 5.88. The summed E-state index contributed by atoms with van der Waals surface area (Å²) in [7, 11) is -3.36. The first-order valence-corrected chi connectivity index (χ1v) is 8.97. The van der Waals surface area contributed by atoms with Crippen molar-refractivity contribution < 1.29 is 13.2 Å². The highest BCUT2D eigenvalue weighted by molar-refractivity contribution is 7.86. The van der Waals surface area contributed by atoms with E-state index in [0.29, 0.717) is 38.8 Å². The van der Waals surface area contributed by atoms with Crippen LogP contribution < -0.4 is 5.32 Å². The average Bonchev–Trinajstić information content (AvgIpc) is 2.46. The lowest BCUT2D eigenvalue weighted by molar-refractivity contribution is 0.0688. The lowest BCUT2D eigenvalue weighted by atomic mass is 9.98. The summed E-state index contributed by atoms with van der Waals surface area (Å²) in [5.41, 5.74) is 0. The van der Waals surface area contributed by atoms with E-state index in [1.54, 1.807) is 8.61 Å². The third-order valence-corrected chi connectivity index (χ3v) is 6.25. The van der Waals surface area contributed by atoms with E-state index in [2.05, 4.69) is 5.32 Å².